The number of nitrogens with zero attached hydrogens (tertiary/aromatic N) is 2. The molecule has 1 unspecified atom stereocenters. The van der Waals surface area contributed by atoms with Gasteiger partial charge in [0.25, 0.3) is 0 Å². The Labute approximate surface area is 103 Å². The fourth-order valence-electron chi connectivity index (χ4n) is 1.71. The maximum absolute atomic E-state index is 5.81. The van der Waals surface area contributed by atoms with Crippen LogP contribution in [0.2, 0.25) is 0 Å². The molecule has 0 aromatic carbocycles. The average Bonchev–Trinajstić information content (AvgIpc) is 2.65. The first-order valence-corrected chi connectivity index (χ1v) is 6.41. The second-order valence-electron chi connectivity index (χ2n) is 4.55. The molecule has 1 atom stereocenters. The van der Waals surface area contributed by atoms with Gasteiger partial charge in [0.1, 0.15) is 0 Å². The molecule has 0 saturated heterocycles. The van der Waals surface area contributed by atoms with Crippen LogP contribution in [0.5, 0.6) is 0 Å². The molecule has 1 rings (SSSR count). The monoisotopic (exact) mass is 243 g/mol. The predicted molar refractivity (Wildman–Crippen MR) is 68.9 cm³/mol. The Balaban J connectivity index is 2.33. The molecule has 0 spiro atoms. The van der Waals surface area contributed by atoms with Crippen LogP contribution in [0.1, 0.15) is 32.3 Å². The molecule has 0 fully saturated rings. The van der Waals surface area contributed by atoms with E-state index >= 15 is 0 Å². The van der Waals surface area contributed by atoms with Crippen molar-refractivity contribution < 1.29 is 0 Å². The van der Waals surface area contributed by atoms with E-state index in [2.05, 4.69) is 30.5 Å². The van der Waals surface area contributed by atoms with E-state index in [1.165, 1.54) is 5.56 Å². The molecule has 16 heavy (non-hydrogen) atoms. The van der Waals surface area contributed by atoms with E-state index in [1.807, 2.05) is 17.9 Å². The molecule has 92 valence electrons. The fourth-order valence-corrected chi connectivity index (χ4v) is 2.13. The highest BCUT2D eigenvalue weighted by molar-refractivity contribution is 6.17. The first-order chi connectivity index (χ1) is 7.59. The summed E-state index contributed by atoms with van der Waals surface area (Å²) < 4.78 is 1.84. The Kier molecular flexibility index (Phi) is 5.29. The van der Waals surface area contributed by atoms with Crippen LogP contribution in [-0.2, 0) is 13.5 Å². The van der Waals surface area contributed by atoms with Crippen LogP contribution in [0.25, 0.3) is 0 Å². The normalized spacial score (nSPS) is 15.0. The Morgan fingerprint density at radius 1 is 1.56 bits per heavy atom. The highest BCUT2D eigenvalue weighted by atomic mass is 35.5. The Bertz CT molecular complexity index is 311. The highest BCUT2D eigenvalue weighted by Crippen LogP contribution is 2.15. The van der Waals surface area contributed by atoms with Crippen LogP contribution in [0, 0.1) is 0 Å². The minimum absolute atomic E-state index is 0.171. The van der Waals surface area contributed by atoms with Gasteiger partial charge in [-0.2, -0.15) is 5.10 Å². The third-order valence-electron chi connectivity index (χ3n) is 3.15. The minimum Gasteiger partial charge on any atom is -0.311 e. The van der Waals surface area contributed by atoms with Crippen molar-refractivity contribution in [3.8, 4) is 0 Å². The largest absolute Gasteiger partial charge is 0.311 e. The number of aryl methyl sites for hydroxylation is 1. The zero-order valence-corrected chi connectivity index (χ0v) is 11.2. The van der Waals surface area contributed by atoms with Gasteiger partial charge in [-0.3, -0.25) is 4.68 Å². The molecule has 0 aliphatic carbocycles. The van der Waals surface area contributed by atoms with Gasteiger partial charge >= 0.3 is 0 Å². The van der Waals surface area contributed by atoms with E-state index in [-0.39, 0.29) is 5.54 Å². The maximum Gasteiger partial charge on any atom is 0.0522 e. The molecule has 1 heterocycles. The third kappa shape index (κ3) is 4.14. The summed E-state index contributed by atoms with van der Waals surface area (Å²) in [6, 6.07) is 0. The van der Waals surface area contributed by atoms with Gasteiger partial charge in [-0.1, -0.05) is 6.92 Å². The molecule has 4 heteroatoms. The van der Waals surface area contributed by atoms with Crippen molar-refractivity contribution in [1.29, 1.82) is 0 Å². The van der Waals surface area contributed by atoms with Crippen LogP contribution < -0.4 is 5.32 Å². The van der Waals surface area contributed by atoms with Crippen molar-refractivity contribution in [3.05, 3.63) is 18.0 Å². The molecule has 0 saturated carbocycles. The minimum atomic E-state index is 0.171. The van der Waals surface area contributed by atoms with E-state index in [9.17, 15) is 0 Å². The number of rotatable bonds is 7. The van der Waals surface area contributed by atoms with Crippen molar-refractivity contribution in [2.75, 3.05) is 12.4 Å². The molecule has 0 amide bonds. The molecule has 1 N–H and O–H groups in total. The van der Waals surface area contributed by atoms with Gasteiger partial charge < -0.3 is 5.32 Å². The SMILES string of the molecule is CCC(C)(CCCl)NCCc1cnn(C)c1. The summed E-state index contributed by atoms with van der Waals surface area (Å²) in [4.78, 5) is 0. The van der Waals surface area contributed by atoms with Crippen LogP contribution >= 0.6 is 11.6 Å². The molecule has 1 aromatic rings. The lowest BCUT2D eigenvalue weighted by atomic mass is 9.95. The summed E-state index contributed by atoms with van der Waals surface area (Å²) in [5.74, 6) is 0.713. The summed E-state index contributed by atoms with van der Waals surface area (Å²) in [7, 11) is 1.95. The van der Waals surface area contributed by atoms with Crippen LogP contribution in [0.15, 0.2) is 12.4 Å². The van der Waals surface area contributed by atoms with Crippen LogP contribution in [0.3, 0.4) is 0 Å². The lowest BCUT2D eigenvalue weighted by Crippen LogP contribution is -2.43. The lowest BCUT2D eigenvalue weighted by molar-refractivity contribution is 0.336. The number of nitrogens with one attached hydrogen (secondary N) is 1. The van der Waals surface area contributed by atoms with E-state index < -0.39 is 0 Å². The van der Waals surface area contributed by atoms with Crippen LogP contribution in [0.4, 0.5) is 0 Å². The topological polar surface area (TPSA) is 29.9 Å². The second-order valence-corrected chi connectivity index (χ2v) is 4.93. The van der Waals surface area contributed by atoms with Gasteiger partial charge in [0.2, 0.25) is 0 Å². The van der Waals surface area contributed by atoms with Crippen molar-refractivity contribution in [2.24, 2.45) is 7.05 Å². The summed E-state index contributed by atoms with van der Waals surface area (Å²) >= 11 is 5.81. The Hall–Kier alpha value is -0.540. The van der Waals surface area contributed by atoms with E-state index in [0.29, 0.717) is 5.88 Å². The van der Waals surface area contributed by atoms with E-state index in [4.69, 9.17) is 11.6 Å². The number of aromatic nitrogens is 2. The molecule has 3 nitrogen and oxygen atoms in total. The number of hydrogen-bond acceptors (Lipinski definition) is 2. The molecule has 1 aromatic heterocycles. The van der Waals surface area contributed by atoms with Gasteiger partial charge in [-0.15, -0.1) is 11.6 Å². The molecular weight excluding hydrogens is 222 g/mol. The summed E-state index contributed by atoms with van der Waals surface area (Å²) in [6.45, 7) is 5.41. The van der Waals surface area contributed by atoms with Gasteiger partial charge in [-0.25, -0.2) is 0 Å². The zero-order chi connectivity index (χ0) is 12.0. The smallest absolute Gasteiger partial charge is 0.0522 e. The molecule has 0 radical (unpaired) electrons. The summed E-state index contributed by atoms with van der Waals surface area (Å²) in [6.07, 6.45) is 7.12. The summed E-state index contributed by atoms with van der Waals surface area (Å²) in [5.41, 5.74) is 1.45. The number of alkyl halides is 1. The molecule has 0 aliphatic heterocycles. The lowest BCUT2D eigenvalue weighted by Gasteiger charge is -2.29. The number of hydrogen-bond donors (Lipinski definition) is 1. The van der Waals surface area contributed by atoms with Gasteiger partial charge in [0.05, 0.1) is 6.20 Å². The van der Waals surface area contributed by atoms with Crippen molar-refractivity contribution in [2.45, 2.75) is 38.6 Å². The van der Waals surface area contributed by atoms with Gasteiger partial charge in [-0.05, 0) is 38.3 Å². The van der Waals surface area contributed by atoms with Crippen molar-refractivity contribution in [1.82, 2.24) is 15.1 Å². The molecular formula is C12H22ClN3. The van der Waals surface area contributed by atoms with Crippen molar-refractivity contribution in [3.63, 3.8) is 0 Å². The first kappa shape index (κ1) is 13.5. The van der Waals surface area contributed by atoms with E-state index in [0.717, 1.165) is 25.8 Å². The molecule has 0 bridgehead atoms. The average molecular weight is 244 g/mol. The first-order valence-electron chi connectivity index (χ1n) is 5.88. The summed E-state index contributed by atoms with van der Waals surface area (Å²) in [5, 5.41) is 7.74. The number of halogens is 1. The second kappa shape index (κ2) is 6.26. The van der Waals surface area contributed by atoms with Gasteiger partial charge in [0, 0.05) is 24.7 Å². The molecule has 0 aliphatic rings. The van der Waals surface area contributed by atoms with E-state index in [1.54, 1.807) is 0 Å². The Morgan fingerprint density at radius 2 is 2.31 bits per heavy atom. The highest BCUT2D eigenvalue weighted by Gasteiger charge is 2.19. The maximum atomic E-state index is 5.81. The van der Waals surface area contributed by atoms with Gasteiger partial charge in [0.15, 0.2) is 0 Å². The quantitative estimate of drug-likeness (QED) is 0.746. The zero-order valence-electron chi connectivity index (χ0n) is 10.5. The Morgan fingerprint density at radius 3 is 2.81 bits per heavy atom. The van der Waals surface area contributed by atoms with Crippen molar-refractivity contribution >= 4 is 11.6 Å². The fraction of sp³-hybridized carbons (Fsp3) is 0.750. The third-order valence-corrected chi connectivity index (χ3v) is 3.34. The standard InChI is InChI=1S/C12H22ClN3/c1-4-12(2,6-7-13)14-8-5-11-9-15-16(3)10-11/h9-10,14H,4-8H2,1-3H3. The van der Waals surface area contributed by atoms with Crippen LogP contribution in [-0.4, -0.2) is 27.7 Å². The predicted octanol–water partition coefficient (Wildman–Crippen LogP) is 2.35.